The van der Waals surface area contributed by atoms with Crippen LogP contribution in [-0.2, 0) is 20.8 Å². The first kappa shape index (κ1) is 27.3. The molecule has 0 spiro atoms. The van der Waals surface area contributed by atoms with Crippen molar-refractivity contribution in [3.8, 4) is 11.5 Å². The molecule has 2 unspecified atom stereocenters. The summed E-state index contributed by atoms with van der Waals surface area (Å²) in [4.78, 5) is 67.9. The molecule has 16 heteroatoms. The van der Waals surface area contributed by atoms with Crippen LogP contribution in [0.2, 0.25) is 0 Å². The Bertz CT molecular complexity index is 1360. The molecule has 0 bridgehead atoms. The lowest BCUT2D eigenvalue weighted by Crippen LogP contribution is -2.60. The maximum atomic E-state index is 14.7. The first-order valence-corrected chi connectivity index (χ1v) is 11.8. The maximum Gasteiger partial charge on any atom is 0.547 e. The van der Waals surface area contributed by atoms with Crippen LogP contribution in [0.5, 0.6) is 11.5 Å². The van der Waals surface area contributed by atoms with Crippen molar-refractivity contribution in [3.05, 3.63) is 53.1 Å². The number of aromatic hydroxyl groups is 1. The Hall–Kier alpha value is -4.73. The molecule has 0 aliphatic carbocycles. The number of urea groups is 1. The third-order valence-electron chi connectivity index (χ3n) is 6.27. The second-order valence-corrected chi connectivity index (χ2v) is 8.71. The Morgan fingerprint density at radius 3 is 2.67 bits per heavy atom. The SMILES string of the molecule is CCN1CCN(C(=O)NC(C(=O)NC2Cc3cccc(C(=O)O)c3OB2O)c2ncc(O)cc2F)C(=O)C1=O. The number of benzene rings is 1. The van der Waals surface area contributed by atoms with E-state index in [4.69, 9.17) is 4.65 Å². The van der Waals surface area contributed by atoms with Gasteiger partial charge in [0, 0.05) is 25.7 Å². The molecule has 0 saturated carbocycles. The molecular formula is C23H23BFN5O9. The number of fused-ring (bicyclic) bond motifs is 1. The quantitative estimate of drug-likeness (QED) is 0.227. The topological polar surface area (TPSA) is 199 Å². The molecule has 1 fully saturated rings. The number of piperazine rings is 1. The molecule has 204 valence electrons. The highest BCUT2D eigenvalue weighted by atomic mass is 19.1. The number of halogens is 1. The number of imide groups is 1. The summed E-state index contributed by atoms with van der Waals surface area (Å²) in [6, 6.07) is 1.89. The number of para-hydroxylation sites is 1. The number of nitrogens with zero attached hydrogens (tertiary/aromatic N) is 3. The summed E-state index contributed by atoms with van der Waals surface area (Å²) in [5.41, 5.74) is -0.457. The molecule has 1 aromatic heterocycles. The molecule has 1 aromatic carbocycles. The molecule has 2 aliphatic heterocycles. The van der Waals surface area contributed by atoms with Gasteiger partial charge in [-0.15, -0.1) is 0 Å². The van der Waals surface area contributed by atoms with E-state index in [1.54, 1.807) is 6.92 Å². The first-order valence-electron chi connectivity index (χ1n) is 11.8. The summed E-state index contributed by atoms with van der Waals surface area (Å²) < 4.78 is 20.1. The number of rotatable bonds is 6. The number of likely N-dealkylation sites (N-methyl/N-ethyl adjacent to an activating group) is 1. The summed E-state index contributed by atoms with van der Waals surface area (Å²) >= 11 is 0. The van der Waals surface area contributed by atoms with Crippen LogP contribution in [0.25, 0.3) is 0 Å². The van der Waals surface area contributed by atoms with Gasteiger partial charge < -0.3 is 35.4 Å². The minimum Gasteiger partial charge on any atom is -0.534 e. The van der Waals surface area contributed by atoms with Crippen LogP contribution in [-0.4, -0.2) is 92.4 Å². The summed E-state index contributed by atoms with van der Waals surface area (Å²) in [6.45, 7) is 1.78. The highest BCUT2D eigenvalue weighted by Crippen LogP contribution is 2.30. The van der Waals surface area contributed by atoms with Crippen molar-refractivity contribution in [1.82, 2.24) is 25.4 Å². The molecule has 1 saturated heterocycles. The number of nitrogens with one attached hydrogen (secondary N) is 2. The lowest BCUT2D eigenvalue weighted by atomic mass is 9.72. The van der Waals surface area contributed by atoms with Gasteiger partial charge in [-0.05, 0) is 25.0 Å². The summed E-state index contributed by atoms with van der Waals surface area (Å²) in [5, 5.41) is 34.0. The van der Waals surface area contributed by atoms with E-state index in [0.717, 1.165) is 6.20 Å². The first-order chi connectivity index (χ1) is 18.5. The molecule has 2 aliphatic rings. The highest BCUT2D eigenvalue weighted by Gasteiger charge is 2.41. The van der Waals surface area contributed by atoms with Gasteiger partial charge in [0.15, 0.2) is 11.9 Å². The third kappa shape index (κ3) is 5.45. The van der Waals surface area contributed by atoms with Crippen LogP contribution in [0, 0.1) is 5.82 Å². The fourth-order valence-corrected chi connectivity index (χ4v) is 4.26. The number of amides is 5. The number of aromatic nitrogens is 1. The molecule has 2 aromatic rings. The van der Waals surface area contributed by atoms with Gasteiger partial charge in [-0.3, -0.25) is 24.3 Å². The monoisotopic (exact) mass is 543 g/mol. The summed E-state index contributed by atoms with van der Waals surface area (Å²) in [7, 11) is -1.71. The van der Waals surface area contributed by atoms with Crippen LogP contribution in [0.3, 0.4) is 0 Å². The van der Waals surface area contributed by atoms with E-state index in [1.165, 1.54) is 23.1 Å². The Balaban J connectivity index is 1.58. The standard InChI is InChI=1S/C23H23BFN5O9/c1-2-29-6-7-30(21(34)20(29)33)23(37)28-17(16-14(25)9-12(31)10-26-16)19(32)27-15-8-11-4-3-5-13(22(35)36)18(11)39-24(15)38/h3-5,9-10,15,17,31,38H,2,6-8H2,1H3,(H,27,32)(H,28,37)(H,35,36). The zero-order chi connectivity index (χ0) is 28.4. The van der Waals surface area contributed by atoms with Crippen LogP contribution in [0.15, 0.2) is 30.5 Å². The van der Waals surface area contributed by atoms with Crippen molar-refractivity contribution in [1.29, 1.82) is 0 Å². The number of aromatic carboxylic acids is 1. The number of pyridine rings is 1. The van der Waals surface area contributed by atoms with Crippen LogP contribution < -0.4 is 15.3 Å². The van der Waals surface area contributed by atoms with Crippen LogP contribution in [0.4, 0.5) is 9.18 Å². The van der Waals surface area contributed by atoms with E-state index < -0.39 is 66.1 Å². The number of carboxylic acid groups (broad SMARTS) is 1. The zero-order valence-electron chi connectivity index (χ0n) is 20.5. The summed E-state index contributed by atoms with van der Waals surface area (Å²) in [5.74, 6) is -7.37. The van der Waals surface area contributed by atoms with E-state index >= 15 is 0 Å². The number of hydrogen-bond acceptors (Lipinski definition) is 9. The van der Waals surface area contributed by atoms with Crippen molar-refractivity contribution >= 4 is 36.8 Å². The largest absolute Gasteiger partial charge is 0.547 e. The second kappa shape index (κ2) is 10.9. The minimum atomic E-state index is -1.87. The van der Waals surface area contributed by atoms with Crippen molar-refractivity contribution in [2.24, 2.45) is 0 Å². The number of hydrogen-bond donors (Lipinski definition) is 5. The molecular weight excluding hydrogens is 520 g/mol. The van der Waals surface area contributed by atoms with Gasteiger partial charge in [0.1, 0.15) is 17.2 Å². The van der Waals surface area contributed by atoms with Crippen molar-refractivity contribution in [2.45, 2.75) is 25.3 Å². The molecule has 2 atom stereocenters. The fraction of sp³-hybridized carbons (Fsp3) is 0.304. The minimum absolute atomic E-state index is 0.0561. The predicted molar refractivity (Wildman–Crippen MR) is 129 cm³/mol. The van der Waals surface area contributed by atoms with Gasteiger partial charge in [-0.1, -0.05) is 12.1 Å². The molecule has 5 N–H and O–H groups in total. The Morgan fingerprint density at radius 1 is 1.26 bits per heavy atom. The average molecular weight is 543 g/mol. The van der Waals surface area contributed by atoms with Crippen LogP contribution in [0.1, 0.15) is 34.6 Å². The smallest absolute Gasteiger partial charge is 0.534 e. The van der Waals surface area contributed by atoms with Gasteiger partial charge in [-0.25, -0.2) is 14.0 Å². The van der Waals surface area contributed by atoms with Gasteiger partial charge in [0.2, 0.25) is 5.91 Å². The molecule has 0 radical (unpaired) electrons. The van der Waals surface area contributed by atoms with Crippen molar-refractivity contribution in [3.63, 3.8) is 0 Å². The summed E-state index contributed by atoms with van der Waals surface area (Å²) in [6.07, 6.45) is 0.753. The Morgan fingerprint density at radius 2 is 2.00 bits per heavy atom. The molecule has 4 rings (SSSR count). The van der Waals surface area contributed by atoms with E-state index in [-0.39, 0.29) is 37.4 Å². The van der Waals surface area contributed by atoms with Crippen molar-refractivity contribution < 1.29 is 48.3 Å². The lowest BCUT2D eigenvalue weighted by molar-refractivity contribution is -0.153. The zero-order valence-corrected chi connectivity index (χ0v) is 20.5. The van der Waals surface area contributed by atoms with Crippen LogP contribution >= 0.6 is 0 Å². The Labute approximate surface area is 220 Å². The van der Waals surface area contributed by atoms with E-state index in [9.17, 15) is 43.6 Å². The van der Waals surface area contributed by atoms with Gasteiger partial charge in [0.25, 0.3) is 0 Å². The maximum absolute atomic E-state index is 14.7. The average Bonchev–Trinajstić information content (AvgIpc) is 2.89. The fourth-order valence-electron chi connectivity index (χ4n) is 4.26. The van der Waals surface area contributed by atoms with Gasteiger partial charge >= 0.3 is 30.9 Å². The highest BCUT2D eigenvalue weighted by molar-refractivity contribution is 6.47. The van der Waals surface area contributed by atoms with Gasteiger partial charge in [-0.2, -0.15) is 0 Å². The molecule has 14 nitrogen and oxygen atoms in total. The van der Waals surface area contributed by atoms with Crippen molar-refractivity contribution in [2.75, 3.05) is 19.6 Å². The predicted octanol–water partition coefficient (Wildman–Crippen LogP) is -0.794. The van der Waals surface area contributed by atoms with E-state index in [0.29, 0.717) is 16.5 Å². The number of carbonyl (C=O) groups excluding carboxylic acids is 4. The molecule has 39 heavy (non-hydrogen) atoms. The number of carboxylic acids is 1. The molecule has 3 heterocycles. The van der Waals surface area contributed by atoms with E-state index in [2.05, 4.69) is 15.6 Å². The Kier molecular flexibility index (Phi) is 7.67. The normalized spacial score (nSPS) is 17.7. The third-order valence-corrected chi connectivity index (χ3v) is 6.27. The molecule has 5 amide bonds. The number of carbonyl (C=O) groups is 5. The second-order valence-electron chi connectivity index (χ2n) is 8.71. The lowest BCUT2D eigenvalue weighted by Gasteiger charge is -2.33. The van der Waals surface area contributed by atoms with Gasteiger partial charge in [0.05, 0.1) is 17.7 Å². The van der Waals surface area contributed by atoms with E-state index in [1.807, 2.05) is 0 Å².